The van der Waals surface area contributed by atoms with E-state index in [1.54, 1.807) is 7.11 Å². The van der Waals surface area contributed by atoms with Crippen molar-refractivity contribution in [1.82, 2.24) is 5.32 Å². The lowest BCUT2D eigenvalue weighted by atomic mass is 10.1. The number of methoxy groups -OCH3 is 1. The first-order chi connectivity index (χ1) is 9.60. The summed E-state index contributed by atoms with van der Waals surface area (Å²) in [6.45, 7) is 3.90. The van der Waals surface area contributed by atoms with Crippen LogP contribution in [0.25, 0.3) is 0 Å². The number of rotatable bonds is 5. The lowest BCUT2D eigenvalue weighted by Gasteiger charge is -2.20. The molecule has 1 amide bonds. The fourth-order valence-electron chi connectivity index (χ4n) is 2.63. The highest BCUT2D eigenvalue weighted by Gasteiger charge is 2.21. The van der Waals surface area contributed by atoms with Gasteiger partial charge in [0.25, 0.3) is 0 Å². The molecular weight excluding hydrogens is 252 g/mol. The van der Waals surface area contributed by atoms with Crippen LogP contribution in [0.4, 0.5) is 5.69 Å². The molecule has 110 valence electrons. The Balaban J connectivity index is 1.97. The summed E-state index contributed by atoms with van der Waals surface area (Å²) < 4.78 is 5.32. The Morgan fingerprint density at radius 2 is 2.05 bits per heavy atom. The maximum atomic E-state index is 12.2. The summed E-state index contributed by atoms with van der Waals surface area (Å²) in [7, 11) is 1.64. The molecule has 1 aromatic rings. The molecule has 1 saturated carbocycles. The van der Waals surface area contributed by atoms with Gasteiger partial charge in [0.15, 0.2) is 0 Å². The van der Waals surface area contributed by atoms with Gasteiger partial charge in [0, 0.05) is 6.04 Å². The standard InChI is InChI=1S/C16H24N2O2/c1-11-8-9-15(20-3)14(10-11)17-12(2)16(19)18-13-6-4-5-7-13/h8-10,12-13,17H,4-7H2,1-3H3,(H,18,19). The van der Waals surface area contributed by atoms with Crippen LogP contribution in [0.1, 0.15) is 38.2 Å². The number of nitrogens with one attached hydrogen (secondary N) is 2. The lowest BCUT2D eigenvalue weighted by molar-refractivity contribution is -0.122. The van der Waals surface area contributed by atoms with Crippen molar-refractivity contribution in [2.24, 2.45) is 0 Å². The van der Waals surface area contributed by atoms with Crippen molar-refractivity contribution in [2.75, 3.05) is 12.4 Å². The predicted molar refractivity (Wildman–Crippen MR) is 81.2 cm³/mol. The number of anilines is 1. The number of hydrogen-bond donors (Lipinski definition) is 2. The van der Waals surface area contributed by atoms with E-state index in [1.807, 2.05) is 32.0 Å². The molecule has 1 aliphatic rings. The van der Waals surface area contributed by atoms with Crippen molar-refractivity contribution < 1.29 is 9.53 Å². The monoisotopic (exact) mass is 276 g/mol. The van der Waals surface area contributed by atoms with Gasteiger partial charge >= 0.3 is 0 Å². The molecule has 0 aliphatic heterocycles. The first-order valence-corrected chi connectivity index (χ1v) is 7.31. The normalized spacial score (nSPS) is 16.8. The average molecular weight is 276 g/mol. The Hall–Kier alpha value is -1.71. The van der Waals surface area contributed by atoms with Gasteiger partial charge in [-0.3, -0.25) is 4.79 Å². The van der Waals surface area contributed by atoms with Gasteiger partial charge in [-0.05, 0) is 44.4 Å². The number of carbonyl (C=O) groups excluding carboxylic acids is 1. The molecule has 1 aromatic carbocycles. The SMILES string of the molecule is COc1ccc(C)cc1NC(C)C(=O)NC1CCCC1. The van der Waals surface area contributed by atoms with Gasteiger partial charge in [-0.2, -0.15) is 0 Å². The third kappa shape index (κ3) is 3.65. The van der Waals surface area contributed by atoms with Crippen molar-refractivity contribution in [3.05, 3.63) is 23.8 Å². The highest BCUT2D eigenvalue weighted by Crippen LogP contribution is 2.26. The second-order valence-corrected chi connectivity index (χ2v) is 5.56. The Bertz CT molecular complexity index is 468. The summed E-state index contributed by atoms with van der Waals surface area (Å²) in [5.41, 5.74) is 2.00. The molecule has 0 spiro atoms. The molecule has 4 nitrogen and oxygen atoms in total. The second-order valence-electron chi connectivity index (χ2n) is 5.56. The topological polar surface area (TPSA) is 50.4 Å². The predicted octanol–water partition coefficient (Wildman–Crippen LogP) is 2.86. The Kier molecular flexibility index (Phi) is 4.88. The van der Waals surface area contributed by atoms with Crippen LogP contribution in [0.5, 0.6) is 5.75 Å². The number of amides is 1. The molecule has 0 bridgehead atoms. The smallest absolute Gasteiger partial charge is 0.242 e. The quantitative estimate of drug-likeness (QED) is 0.869. The summed E-state index contributed by atoms with van der Waals surface area (Å²) in [4.78, 5) is 12.2. The Morgan fingerprint density at radius 1 is 1.35 bits per heavy atom. The number of benzene rings is 1. The van der Waals surface area contributed by atoms with E-state index in [-0.39, 0.29) is 11.9 Å². The van der Waals surface area contributed by atoms with Gasteiger partial charge in [-0.15, -0.1) is 0 Å². The molecule has 0 saturated heterocycles. The van der Waals surface area contributed by atoms with Gasteiger partial charge in [0.05, 0.1) is 12.8 Å². The van der Waals surface area contributed by atoms with Gasteiger partial charge in [0.2, 0.25) is 5.91 Å². The van der Waals surface area contributed by atoms with Crippen LogP contribution < -0.4 is 15.4 Å². The van der Waals surface area contributed by atoms with Crippen LogP contribution >= 0.6 is 0 Å². The second kappa shape index (κ2) is 6.64. The minimum atomic E-state index is -0.272. The van der Waals surface area contributed by atoms with E-state index in [0.29, 0.717) is 6.04 Å². The van der Waals surface area contributed by atoms with Crippen molar-refractivity contribution in [3.8, 4) is 5.75 Å². The Labute approximate surface area is 120 Å². The van der Waals surface area contributed by atoms with Crippen LogP contribution in [0.3, 0.4) is 0 Å². The third-order valence-corrected chi connectivity index (χ3v) is 3.82. The van der Waals surface area contributed by atoms with Crippen LogP contribution in [-0.2, 0) is 4.79 Å². The average Bonchev–Trinajstić information content (AvgIpc) is 2.91. The summed E-state index contributed by atoms with van der Waals surface area (Å²) in [6, 6.07) is 5.99. The molecule has 0 aromatic heterocycles. The molecular formula is C16H24N2O2. The minimum Gasteiger partial charge on any atom is -0.495 e. The molecule has 20 heavy (non-hydrogen) atoms. The molecule has 2 rings (SSSR count). The van der Waals surface area contributed by atoms with Gasteiger partial charge in [-0.25, -0.2) is 0 Å². The fourth-order valence-corrected chi connectivity index (χ4v) is 2.63. The maximum absolute atomic E-state index is 12.2. The van der Waals surface area contributed by atoms with Crippen molar-refractivity contribution in [3.63, 3.8) is 0 Å². The minimum absolute atomic E-state index is 0.0560. The molecule has 1 atom stereocenters. The van der Waals surface area contributed by atoms with E-state index < -0.39 is 0 Å². The first-order valence-electron chi connectivity index (χ1n) is 7.31. The van der Waals surface area contributed by atoms with Crippen molar-refractivity contribution in [1.29, 1.82) is 0 Å². The zero-order chi connectivity index (χ0) is 14.5. The lowest BCUT2D eigenvalue weighted by Crippen LogP contribution is -2.42. The van der Waals surface area contributed by atoms with E-state index in [4.69, 9.17) is 4.74 Å². The number of ether oxygens (including phenoxy) is 1. The van der Waals surface area contributed by atoms with Gasteiger partial charge in [0.1, 0.15) is 11.8 Å². The van der Waals surface area contributed by atoms with Crippen molar-refractivity contribution >= 4 is 11.6 Å². The number of carbonyl (C=O) groups is 1. The van der Waals surface area contributed by atoms with Gasteiger partial charge in [-0.1, -0.05) is 18.9 Å². The highest BCUT2D eigenvalue weighted by atomic mass is 16.5. The zero-order valence-electron chi connectivity index (χ0n) is 12.5. The van der Waals surface area contributed by atoms with Crippen LogP contribution in [-0.4, -0.2) is 25.1 Å². The van der Waals surface area contributed by atoms with E-state index in [9.17, 15) is 4.79 Å². The molecule has 1 unspecified atom stereocenters. The van der Waals surface area contributed by atoms with Gasteiger partial charge < -0.3 is 15.4 Å². The molecule has 4 heteroatoms. The van der Waals surface area contributed by atoms with E-state index >= 15 is 0 Å². The fraction of sp³-hybridized carbons (Fsp3) is 0.562. The van der Waals surface area contributed by atoms with Crippen LogP contribution in [0.15, 0.2) is 18.2 Å². The summed E-state index contributed by atoms with van der Waals surface area (Å²) in [5.74, 6) is 0.816. The number of aryl methyl sites for hydroxylation is 1. The summed E-state index contributed by atoms with van der Waals surface area (Å²) in [6.07, 6.45) is 4.65. The maximum Gasteiger partial charge on any atom is 0.242 e. The number of hydrogen-bond acceptors (Lipinski definition) is 3. The third-order valence-electron chi connectivity index (χ3n) is 3.82. The van der Waals surface area contributed by atoms with Crippen LogP contribution in [0, 0.1) is 6.92 Å². The zero-order valence-corrected chi connectivity index (χ0v) is 12.5. The summed E-state index contributed by atoms with van der Waals surface area (Å²) >= 11 is 0. The first kappa shape index (κ1) is 14.7. The van der Waals surface area contributed by atoms with E-state index in [0.717, 1.165) is 29.8 Å². The highest BCUT2D eigenvalue weighted by molar-refractivity contribution is 5.85. The molecule has 1 fully saturated rings. The van der Waals surface area contributed by atoms with E-state index in [1.165, 1.54) is 12.8 Å². The Morgan fingerprint density at radius 3 is 2.70 bits per heavy atom. The molecule has 2 N–H and O–H groups in total. The van der Waals surface area contributed by atoms with Crippen molar-refractivity contribution in [2.45, 2.75) is 51.6 Å². The van der Waals surface area contributed by atoms with E-state index in [2.05, 4.69) is 10.6 Å². The van der Waals surface area contributed by atoms with Crippen LogP contribution in [0.2, 0.25) is 0 Å². The largest absolute Gasteiger partial charge is 0.495 e. The molecule has 0 radical (unpaired) electrons. The summed E-state index contributed by atoms with van der Waals surface area (Å²) in [5, 5.41) is 6.35. The molecule has 0 heterocycles. The molecule has 1 aliphatic carbocycles.